The average Bonchev–Trinajstić information content (AvgIpc) is 2.74. The first kappa shape index (κ1) is 19.8. The Hall–Kier alpha value is -3.48. The smallest absolute Gasteiger partial charge is 0.349 e. The van der Waals surface area contributed by atoms with Gasteiger partial charge in [0.05, 0.1) is 18.1 Å². The van der Waals surface area contributed by atoms with E-state index in [1.165, 1.54) is 11.1 Å². The molecule has 0 saturated carbocycles. The zero-order chi connectivity index (χ0) is 21.3. The standard InChI is InChI=1S/C23H24N4O3/c1-4-16-13-19-18(12-14(16)2)24-20-21(25-23(29)26-22(20)28)27(19)11-5-6-15-7-9-17(30-3)10-8-15/h7-10,12-13H,4-6,11H2,1-3H3,(H,26,28,29). The van der Waals surface area contributed by atoms with Crippen molar-refractivity contribution in [3.63, 3.8) is 0 Å². The van der Waals surface area contributed by atoms with Gasteiger partial charge in [-0.2, -0.15) is 4.98 Å². The number of nitrogens with one attached hydrogen (secondary N) is 1. The van der Waals surface area contributed by atoms with Crippen LogP contribution in [0, 0.1) is 6.92 Å². The molecule has 2 aliphatic rings. The van der Waals surface area contributed by atoms with Crippen molar-refractivity contribution in [3.05, 3.63) is 73.9 Å². The number of aromatic nitrogens is 4. The van der Waals surface area contributed by atoms with Crippen LogP contribution in [0.5, 0.6) is 5.75 Å². The molecule has 0 amide bonds. The van der Waals surface area contributed by atoms with E-state index in [1.807, 2.05) is 41.8 Å². The van der Waals surface area contributed by atoms with E-state index in [-0.39, 0.29) is 5.69 Å². The minimum absolute atomic E-state index is 0.190. The Kier molecular flexibility index (Phi) is 5.35. The largest absolute Gasteiger partial charge is 0.497 e. The molecule has 2 aromatic carbocycles. The van der Waals surface area contributed by atoms with Gasteiger partial charge in [0.25, 0.3) is 5.56 Å². The van der Waals surface area contributed by atoms with Gasteiger partial charge in [0.2, 0.25) is 0 Å². The minimum Gasteiger partial charge on any atom is -0.497 e. The summed E-state index contributed by atoms with van der Waals surface area (Å²) in [6.45, 7) is 4.76. The molecule has 2 aromatic rings. The van der Waals surface area contributed by atoms with Crippen molar-refractivity contribution in [1.82, 2.24) is 19.5 Å². The highest BCUT2D eigenvalue weighted by Crippen LogP contribution is 2.25. The van der Waals surface area contributed by atoms with E-state index in [1.54, 1.807) is 7.11 Å². The van der Waals surface area contributed by atoms with Gasteiger partial charge in [0.1, 0.15) is 5.75 Å². The second-order valence-electron chi connectivity index (χ2n) is 7.38. The topological polar surface area (TPSA) is 89.9 Å². The lowest BCUT2D eigenvalue weighted by atomic mass is 10.0. The Balaban J connectivity index is 1.77. The Morgan fingerprint density at radius 3 is 2.57 bits per heavy atom. The fourth-order valence-electron chi connectivity index (χ4n) is 3.83. The Labute approximate surface area is 173 Å². The molecule has 0 aliphatic carbocycles. The van der Waals surface area contributed by atoms with Gasteiger partial charge in [-0.15, -0.1) is 0 Å². The summed E-state index contributed by atoms with van der Waals surface area (Å²) in [5, 5.41) is 0. The van der Waals surface area contributed by atoms with Gasteiger partial charge in [-0.1, -0.05) is 19.1 Å². The Morgan fingerprint density at radius 1 is 1.10 bits per heavy atom. The zero-order valence-corrected chi connectivity index (χ0v) is 17.4. The summed E-state index contributed by atoms with van der Waals surface area (Å²) in [7, 11) is 1.65. The van der Waals surface area contributed by atoms with Gasteiger partial charge < -0.3 is 9.30 Å². The molecule has 7 nitrogen and oxygen atoms in total. The Bertz CT molecular complexity index is 1290. The lowest BCUT2D eigenvalue weighted by Gasteiger charge is -2.18. The fraction of sp³-hybridized carbons (Fsp3) is 0.304. The number of aryl methyl sites for hydroxylation is 4. The third-order valence-electron chi connectivity index (χ3n) is 5.45. The third kappa shape index (κ3) is 3.70. The first-order valence-electron chi connectivity index (χ1n) is 10.1. The van der Waals surface area contributed by atoms with Gasteiger partial charge in [-0.3, -0.25) is 9.78 Å². The van der Waals surface area contributed by atoms with Crippen molar-refractivity contribution in [2.24, 2.45) is 0 Å². The van der Waals surface area contributed by atoms with Crippen molar-refractivity contribution < 1.29 is 4.74 Å². The van der Waals surface area contributed by atoms with E-state index in [0.29, 0.717) is 12.4 Å². The van der Waals surface area contributed by atoms with Gasteiger partial charge in [-0.05, 0) is 67.1 Å². The van der Waals surface area contributed by atoms with E-state index in [0.717, 1.165) is 41.6 Å². The van der Waals surface area contributed by atoms with Crippen LogP contribution >= 0.6 is 0 Å². The predicted octanol–water partition coefficient (Wildman–Crippen LogP) is 3.10. The fourth-order valence-corrected chi connectivity index (χ4v) is 3.83. The van der Waals surface area contributed by atoms with Crippen LogP contribution in [0.2, 0.25) is 0 Å². The molecular weight excluding hydrogens is 380 g/mol. The molecule has 0 saturated heterocycles. The monoisotopic (exact) mass is 404 g/mol. The zero-order valence-electron chi connectivity index (χ0n) is 17.4. The summed E-state index contributed by atoms with van der Waals surface area (Å²) >= 11 is 0. The second kappa shape index (κ2) is 8.10. The SMILES string of the molecule is CCc1cc2c(cc1C)nc1c(=O)[nH]c(=O)nc-1n2CCCc1ccc(OC)cc1. The highest BCUT2D eigenvalue weighted by Gasteiger charge is 2.19. The van der Waals surface area contributed by atoms with Crippen LogP contribution < -0.4 is 16.0 Å². The van der Waals surface area contributed by atoms with Crippen molar-refractivity contribution in [1.29, 1.82) is 0 Å². The van der Waals surface area contributed by atoms with E-state index in [2.05, 4.69) is 27.9 Å². The molecule has 2 heterocycles. The van der Waals surface area contributed by atoms with Gasteiger partial charge in [0.15, 0.2) is 11.5 Å². The van der Waals surface area contributed by atoms with Gasteiger partial charge in [-0.25, -0.2) is 9.78 Å². The predicted molar refractivity (Wildman–Crippen MR) is 116 cm³/mol. The number of hydrogen-bond acceptors (Lipinski definition) is 5. The van der Waals surface area contributed by atoms with Crippen LogP contribution in [0.4, 0.5) is 0 Å². The molecule has 2 aliphatic heterocycles. The molecule has 0 aromatic heterocycles. The average molecular weight is 404 g/mol. The highest BCUT2D eigenvalue weighted by atomic mass is 16.5. The normalized spacial score (nSPS) is 11.3. The van der Waals surface area contributed by atoms with Gasteiger partial charge in [0, 0.05) is 6.54 Å². The molecule has 0 unspecified atom stereocenters. The molecule has 7 heteroatoms. The number of ether oxygens (including phenoxy) is 1. The quantitative estimate of drug-likeness (QED) is 0.499. The second-order valence-corrected chi connectivity index (χ2v) is 7.38. The lowest BCUT2D eigenvalue weighted by molar-refractivity contribution is 0.414. The van der Waals surface area contributed by atoms with Crippen LogP contribution in [-0.2, 0) is 19.4 Å². The molecule has 4 rings (SSSR count). The minimum atomic E-state index is -0.652. The summed E-state index contributed by atoms with van der Waals surface area (Å²) in [6, 6.07) is 12.1. The molecule has 0 atom stereocenters. The maximum atomic E-state index is 12.4. The van der Waals surface area contributed by atoms with Crippen LogP contribution in [0.25, 0.3) is 22.6 Å². The third-order valence-corrected chi connectivity index (χ3v) is 5.45. The summed E-state index contributed by atoms with van der Waals surface area (Å²) in [5.41, 5.74) is 4.18. The number of methoxy groups -OCH3 is 1. The first-order chi connectivity index (χ1) is 14.5. The first-order valence-corrected chi connectivity index (χ1v) is 10.1. The number of rotatable bonds is 6. The molecule has 0 radical (unpaired) electrons. The number of fused-ring (bicyclic) bond motifs is 2. The van der Waals surface area contributed by atoms with Crippen LogP contribution in [0.1, 0.15) is 30.0 Å². The van der Waals surface area contributed by atoms with E-state index < -0.39 is 11.2 Å². The van der Waals surface area contributed by atoms with E-state index in [9.17, 15) is 9.59 Å². The lowest BCUT2D eigenvalue weighted by Crippen LogP contribution is -2.29. The number of aromatic amines is 1. The molecule has 0 spiro atoms. The maximum absolute atomic E-state index is 12.4. The van der Waals surface area contributed by atoms with Crippen LogP contribution in [-0.4, -0.2) is 26.6 Å². The van der Waals surface area contributed by atoms with E-state index >= 15 is 0 Å². The van der Waals surface area contributed by atoms with Gasteiger partial charge >= 0.3 is 5.69 Å². The van der Waals surface area contributed by atoms with Crippen molar-refractivity contribution >= 4 is 11.0 Å². The number of hydrogen-bond donors (Lipinski definition) is 1. The Morgan fingerprint density at radius 2 is 1.87 bits per heavy atom. The van der Waals surface area contributed by atoms with Crippen LogP contribution in [0.3, 0.4) is 0 Å². The summed E-state index contributed by atoms with van der Waals surface area (Å²) in [4.78, 5) is 35.1. The van der Waals surface area contributed by atoms with Crippen molar-refractivity contribution in [2.45, 2.75) is 39.7 Å². The van der Waals surface area contributed by atoms with Crippen molar-refractivity contribution in [3.8, 4) is 17.3 Å². The molecule has 154 valence electrons. The van der Waals surface area contributed by atoms with Crippen molar-refractivity contribution in [2.75, 3.05) is 7.11 Å². The summed E-state index contributed by atoms with van der Waals surface area (Å²) in [5.74, 6) is 1.16. The molecule has 1 N–H and O–H groups in total. The van der Waals surface area contributed by atoms with Crippen LogP contribution in [0.15, 0.2) is 46.0 Å². The summed E-state index contributed by atoms with van der Waals surface area (Å²) in [6.07, 6.45) is 2.56. The number of H-pyrrole nitrogens is 1. The molecular formula is C23H24N4O3. The summed E-state index contributed by atoms with van der Waals surface area (Å²) < 4.78 is 7.17. The number of benzene rings is 2. The highest BCUT2D eigenvalue weighted by molar-refractivity contribution is 5.81. The molecule has 0 fully saturated rings. The maximum Gasteiger partial charge on any atom is 0.349 e. The molecule has 0 bridgehead atoms. The molecule has 30 heavy (non-hydrogen) atoms. The van der Waals surface area contributed by atoms with E-state index in [4.69, 9.17) is 4.74 Å². The number of nitrogens with zero attached hydrogens (tertiary/aromatic N) is 3.